The molecule has 0 saturated carbocycles. The predicted octanol–water partition coefficient (Wildman–Crippen LogP) is 1.52. The van der Waals surface area contributed by atoms with E-state index in [0.717, 1.165) is 25.7 Å². The predicted molar refractivity (Wildman–Crippen MR) is 94.2 cm³/mol. The minimum absolute atomic E-state index is 0.229. The number of carbonyl (C=O) groups is 3. The van der Waals surface area contributed by atoms with Gasteiger partial charge in [0, 0.05) is 0 Å². The van der Waals surface area contributed by atoms with Crippen LogP contribution in [0.3, 0.4) is 0 Å². The Morgan fingerprint density at radius 1 is 1.00 bits per heavy atom. The van der Waals surface area contributed by atoms with E-state index in [2.05, 4.69) is 12.2 Å². The largest absolute Gasteiger partial charge is 0.480 e. The summed E-state index contributed by atoms with van der Waals surface area (Å²) in [5.74, 6) is -3.53. The van der Waals surface area contributed by atoms with Gasteiger partial charge >= 0.3 is 11.9 Å². The Bertz CT molecular complexity index is 546. The zero-order chi connectivity index (χ0) is 20.0. The molecule has 0 unspecified atom stereocenters. The molecule has 10 heteroatoms. The summed E-state index contributed by atoms with van der Waals surface area (Å²) in [6.07, 6.45) is 7.82. The highest BCUT2D eigenvalue weighted by molar-refractivity contribution is 7.87. The third-order valence-corrected chi connectivity index (χ3v) is 4.78. The minimum atomic E-state index is -4.91. The van der Waals surface area contributed by atoms with E-state index in [1.165, 1.54) is 25.7 Å². The summed E-state index contributed by atoms with van der Waals surface area (Å²) in [5, 5.41) is 8.47. The molecule has 26 heavy (non-hydrogen) atoms. The lowest BCUT2D eigenvalue weighted by atomic mass is 10.1. The third-order valence-electron chi connectivity index (χ3n) is 3.70. The number of nitrogens with one attached hydrogen (secondary N) is 1. The van der Waals surface area contributed by atoms with Crippen LogP contribution in [-0.2, 0) is 29.2 Å². The average Bonchev–Trinajstić information content (AvgIpc) is 2.55. The molecule has 3 N–H and O–H groups in total. The lowest BCUT2D eigenvalue weighted by Crippen LogP contribution is -2.38. The number of rotatable bonds is 15. The van der Waals surface area contributed by atoms with E-state index < -0.39 is 46.2 Å². The van der Waals surface area contributed by atoms with Crippen LogP contribution in [0, 0.1) is 0 Å². The van der Waals surface area contributed by atoms with Gasteiger partial charge in [0.15, 0.2) is 5.25 Å². The molecule has 0 aromatic rings. The summed E-state index contributed by atoms with van der Waals surface area (Å²) in [4.78, 5) is 33.6. The maximum atomic E-state index is 11.5. The van der Waals surface area contributed by atoms with Crippen molar-refractivity contribution < 1.29 is 37.2 Å². The van der Waals surface area contributed by atoms with Gasteiger partial charge in [0.25, 0.3) is 10.1 Å². The van der Waals surface area contributed by atoms with Crippen LogP contribution in [0.2, 0.25) is 0 Å². The van der Waals surface area contributed by atoms with Crippen LogP contribution in [0.15, 0.2) is 0 Å². The molecule has 0 radical (unpaired) electrons. The van der Waals surface area contributed by atoms with Crippen LogP contribution in [-0.4, -0.2) is 54.3 Å². The zero-order valence-electron chi connectivity index (χ0n) is 15.1. The number of unbranched alkanes of at least 4 members (excludes halogenated alkanes) is 7. The topological polar surface area (TPSA) is 147 Å². The lowest BCUT2D eigenvalue weighted by Gasteiger charge is -2.09. The van der Waals surface area contributed by atoms with Crippen molar-refractivity contribution in [3.05, 3.63) is 0 Å². The van der Waals surface area contributed by atoms with Gasteiger partial charge < -0.3 is 15.2 Å². The van der Waals surface area contributed by atoms with Crippen molar-refractivity contribution in [2.45, 2.75) is 70.0 Å². The molecule has 0 bridgehead atoms. The van der Waals surface area contributed by atoms with Crippen molar-refractivity contribution in [2.24, 2.45) is 0 Å². The van der Waals surface area contributed by atoms with E-state index >= 15 is 0 Å². The molecule has 0 heterocycles. The van der Waals surface area contributed by atoms with E-state index in [0.29, 0.717) is 0 Å². The van der Waals surface area contributed by atoms with Gasteiger partial charge in [-0.15, -0.1) is 0 Å². The Morgan fingerprint density at radius 3 is 2.04 bits per heavy atom. The summed E-state index contributed by atoms with van der Waals surface area (Å²) in [6, 6.07) is 0. The highest BCUT2D eigenvalue weighted by Crippen LogP contribution is 2.08. The summed E-state index contributed by atoms with van der Waals surface area (Å²) in [6.45, 7) is 1.90. The second-order valence-electron chi connectivity index (χ2n) is 6.02. The highest BCUT2D eigenvalue weighted by atomic mass is 32.2. The van der Waals surface area contributed by atoms with Gasteiger partial charge in [-0.3, -0.25) is 18.9 Å². The van der Waals surface area contributed by atoms with Gasteiger partial charge in [-0.2, -0.15) is 8.42 Å². The smallest absolute Gasteiger partial charge is 0.325 e. The summed E-state index contributed by atoms with van der Waals surface area (Å²) < 4.78 is 35.4. The van der Waals surface area contributed by atoms with Crippen molar-refractivity contribution in [2.75, 3.05) is 13.2 Å². The minimum Gasteiger partial charge on any atom is -0.480 e. The standard InChI is InChI=1S/C16H29NO8S/c1-2-3-4-5-6-7-8-9-10-25-15(19)12-17-14(18)11-13(16(20)21)26(22,23)24/h13H,2-12H2,1H3,(H,17,18)(H,20,21)(H,22,23,24)/t13-/m1/s1. The first-order chi connectivity index (χ1) is 12.2. The molecule has 0 aliphatic rings. The Balaban J connectivity index is 3.82. The van der Waals surface area contributed by atoms with Crippen molar-refractivity contribution in [1.82, 2.24) is 5.32 Å². The van der Waals surface area contributed by atoms with Crippen LogP contribution < -0.4 is 5.32 Å². The monoisotopic (exact) mass is 395 g/mol. The number of carboxylic acids is 1. The number of esters is 1. The molecule has 0 aromatic carbocycles. The molecule has 0 aromatic heterocycles. The van der Waals surface area contributed by atoms with Crippen molar-refractivity contribution >= 4 is 28.0 Å². The number of carboxylic acid groups (broad SMARTS) is 1. The third kappa shape index (κ3) is 12.6. The first-order valence-electron chi connectivity index (χ1n) is 8.80. The molecule has 0 saturated heterocycles. The summed E-state index contributed by atoms with van der Waals surface area (Å²) in [5.41, 5.74) is 0. The molecule has 0 rings (SSSR count). The van der Waals surface area contributed by atoms with E-state index in [4.69, 9.17) is 14.4 Å². The molecule has 0 aliphatic carbocycles. The maximum Gasteiger partial charge on any atom is 0.325 e. The maximum absolute atomic E-state index is 11.5. The molecular weight excluding hydrogens is 366 g/mol. The van der Waals surface area contributed by atoms with Crippen molar-refractivity contribution in [3.63, 3.8) is 0 Å². The Labute approximate surface area is 154 Å². The quantitative estimate of drug-likeness (QED) is 0.215. The van der Waals surface area contributed by atoms with Gasteiger partial charge in [0.2, 0.25) is 5.91 Å². The molecule has 9 nitrogen and oxygen atoms in total. The number of carbonyl (C=O) groups excluding carboxylic acids is 2. The highest BCUT2D eigenvalue weighted by Gasteiger charge is 2.33. The summed E-state index contributed by atoms with van der Waals surface area (Å²) in [7, 11) is -4.91. The Hall–Kier alpha value is -1.68. The Kier molecular flexibility index (Phi) is 12.6. The zero-order valence-corrected chi connectivity index (χ0v) is 15.9. The lowest BCUT2D eigenvalue weighted by molar-refractivity contribution is -0.144. The molecular formula is C16H29NO8S. The van der Waals surface area contributed by atoms with Gasteiger partial charge in [-0.1, -0.05) is 51.9 Å². The summed E-state index contributed by atoms with van der Waals surface area (Å²) >= 11 is 0. The molecule has 0 fully saturated rings. The SMILES string of the molecule is CCCCCCCCCCOC(=O)CNC(=O)C[C@H](C(=O)O)S(=O)(=O)O. The number of hydrogen-bond donors (Lipinski definition) is 3. The fourth-order valence-corrected chi connectivity index (χ4v) is 2.82. The van der Waals surface area contributed by atoms with E-state index in [9.17, 15) is 22.8 Å². The van der Waals surface area contributed by atoms with Gasteiger partial charge in [0.05, 0.1) is 13.0 Å². The van der Waals surface area contributed by atoms with Crippen LogP contribution in [0.4, 0.5) is 0 Å². The second-order valence-corrected chi connectivity index (χ2v) is 7.62. The van der Waals surface area contributed by atoms with Crippen LogP contribution in [0.5, 0.6) is 0 Å². The van der Waals surface area contributed by atoms with Gasteiger partial charge in [0.1, 0.15) is 6.54 Å². The first-order valence-corrected chi connectivity index (χ1v) is 10.3. The Morgan fingerprint density at radius 2 is 1.54 bits per heavy atom. The van der Waals surface area contributed by atoms with Crippen LogP contribution in [0.1, 0.15) is 64.7 Å². The first kappa shape index (κ1) is 24.3. The van der Waals surface area contributed by atoms with Crippen LogP contribution in [0.25, 0.3) is 0 Å². The molecule has 1 amide bonds. The molecule has 0 aliphatic heterocycles. The fraction of sp³-hybridized carbons (Fsp3) is 0.812. The fourth-order valence-electron chi connectivity index (χ4n) is 2.20. The van der Waals surface area contributed by atoms with E-state index in [1.807, 2.05) is 0 Å². The molecule has 152 valence electrons. The number of hydrogen-bond acceptors (Lipinski definition) is 6. The van der Waals surface area contributed by atoms with Gasteiger partial charge in [-0.25, -0.2) is 0 Å². The van der Waals surface area contributed by atoms with E-state index in [1.54, 1.807) is 0 Å². The molecule has 0 spiro atoms. The second kappa shape index (κ2) is 13.5. The number of ether oxygens (including phenoxy) is 1. The van der Waals surface area contributed by atoms with Gasteiger partial charge in [-0.05, 0) is 6.42 Å². The normalized spacial score (nSPS) is 12.4. The number of aliphatic carboxylic acids is 1. The average molecular weight is 395 g/mol. The van der Waals surface area contributed by atoms with Crippen molar-refractivity contribution in [3.8, 4) is 0 Å². The van der Waals surface area contributed by atoms with Crippen LogP contribution >= 0.6 is 0 Å². The number of amides is 1. The van der Waals surface area contributed by atoms with E-state index in [-0.39, 0.29) is 6.61 Å². The van der Waals surface area contributed by atoms with Crippen molar-refractivity contribution in [1.29, 1.82) is 0 Å². The molecule has 1 atom stereocenters.